The molecule has 1 heterocycles. The summed E-state index contributed by atoms with van der Waals surface area (Å²) in [4.78, 5) is 4.40. The van der Waals surface area contributed by atoms with Crippen molar-refractivity contribution < 1.29 is 5.11 Å². The molecule has 0 bridgehead atoms. The Morgan fingerprint density at radius 3 is 2.92 bits per heavy atom. The molecule has 72 valence electrons. The highest BCUT2D eigenvalue weighted by atomic mass is 32.1. The van der Waals surface area contributed by atoms with Gasteiger partial charge in [0.2, 0.25) is 0 Å². The van der Waals surface area contributed by atoms with E-state index in [1.54, 1.807) is 11.3 Å². The van der Waals surface area contributed by atoms with Crippen molar-refractivity contribution in [3.8, 4) is 0 Å². The number of hydrogen-bond acceptors (Lipinski definition) is 4. The summed E-state index contributed by atoms with van der Waals surface area (Å²) in [5.74, 6) is 0. The second-order valence-corrected chi connectivity index (χ2v) is 4.42. The lowest BCUT2D eigenvalue weighted by molar-refractivity contribution is 0.266. The molecule has 4 heteroatoms. The fourth-order valence-corrected chi connectivity index (χ4v) is 2.14. The molecule has 13 heavy (non-hydrogen) atoms. The van der Waals surface area contributed by atoms with Gasteiger partial charge in [0.05, 0.1) is 17.8 Å². The lowest BCUT2D eigenvalue weighted by atomic mass is 10.3. The summed E-state index contributed by atoms with van der Waals surface area (Å²) in [6.07, 6.45) is 3.10. The second-order valence-electron chi connectivity index (χ2n) is 3.56. The molecular formula is C9H14N2OS. The van der Waals surface area contributed by atoms with E-state index in [0.29, 0.717) is 0 Å². The molecule has 0 atom stereocenters. The van der Waals surface area contributed by atoms with E-state index in [0.717, 1.165) is 30.1 Å². The van der Waals surface area contributed by atoms with E-state index in [1.807, 2.05) is 0 Å². The zero-order valence-corrected chi connectivity index (χ0v) is 8.52. The van der Waals surface area contributed by atoms with Crippen LogP contribution in [0.15, 0.2) is 5.38 Å². The topological polar surface area (TPSA) is 45.1 Å². The minimum atomic E-state index is -0.0388. The van der Waals surface area contributed by atoms with E-state index in [4.69, 9.17) is 5.11 Å². The van der Waals surface area contributed by atoms with Crippen LogP contribution >= 0.6 is 11.3 Å². The van der Waals surface area contributed by atoms with Gasteiger partial charge in [0.1, 0.15) is 0 Å². The molecule has 1 aromatic heterocycles. The summed E-state index contributed by atoms with van der Waals surface area (Å²) in [6, 6.07) is 0. The van der Waals surface area contributed by atoms with Crippen molar-refractivity contribution in [3.05, 3.63) is 11.1 Å². The van der Waals surface area contributed by atoms with Crippen LogP contribution in [0.25, 0.3) is 0 Å². The second kappa shape index (κ2) is 3.27. The summed E-state index contributed by atoms with van der Waals surface area (Å²) in [5, 5.41) is 15.4. The molecule has 0 saturated heterocycles. The number of aryl methyl sites for hydroxylation is 1. The van der Waals surface area contributed by atoms with E-state index in [2.05, 4.69) is 22.6 Å². The minimum absolute atomic E-state index is 0.0388. The Labute approximate surface area is 81.8 Å². The Morgan fingerprint density at radius 2 is 2.46 bits per heavy atom. The molecule has 0 aromatic carbocycles. The van der Waals surface area contributed by atoms with Crippen LogP contribution in [-0.2, 0) is 6.42 Å². The first kappa shape index (κ1) is 8.97. The van der Waals surface area contributed by atoms with Gasteiger partial charge in [-0.25, -0.2) is 4.98 Å². The van der Waals surface area contributed by atoms with Gasteiger partial charge in [-0.1, -0.05) is 6.92 Å². The number of anilines is 1. The van der Waals surface area contributed by atoms with Crippen LogP contribution in [0.2, 0.25) is 0 Å². The molecule has 1 fully saturated rings. The SMILES string of the molecule is CCc1csc(NC2(CO)CC2)n1. The molecule has 1 aromatic rings. The summed E-state index contributed by atoms with van der Waals surface area (Å²) >= 11 is 1.62. The summed E-state index contributed by atoms with van der Waals surface area (Å²) in [6.45, 7) is 2.31. The van der Waals surface area contributed by atoms with Crippen LogP contribution in [-0.4, -0.2) is 22.2 Å². The third kappa shape index (κ3) is 1.84. The van der Waals surface area contributed by atoms with Crippen molar-refractivity contribution in [3.63, 3.8) is 0 Å². The van der Waals surface area contributed by atoms with E-state index in [1.165, 1.54) is 0 Å². The Balaban J connectivity index is 2.01. The maximum atomic E-state index is 9.10. The number of rotatable bonds is 4. The highest BCUT2D eigenvalue weighted by Crippen LogP contribution is 2.38. The first-order valence-corrected chi connectivity index (χ1v) is 5.49. The zero-order chi connectivity index (χ0) is 9.31. The van der Waals surface area contributed by atoms with Gasteiger partial charge in [0.15, 0.2) is 5.13 Å². The summed E-state index contributed by atoms with van der Waals surface area (Å²) in [5.41, 5.74) is 1.09. The molecule has 2 rings (SSSR count). The quantitative estimate of drug-likeness (QED) is 0.773. The van der Waals surface area contributed by atoms with Gasteiger partial charge in [0.25, 0.3) is 0 Å². The maximum absolute atomic E-state index is 9.10. The van der Waals surface area contributed by atoms with Gasteiger partial charge in [-0.2, -0.15) is 0 Å². The first-order chi connectivity index (χ1) is 6.28. The van der Waals surface area contributed by atoms with Gasteiger partial charge in [-0.05, 0) is 19.3 Å². The number of aliphatic hydroxyl groups excluding tert-OH is 1. The standard InChI is InChI=1S/C9H14N2OS/c1-2-7-5-13-8(10-7)11-9(6-12)3-4-9/h5,12H,2-4,6H2,1H3,(H,10,11). The van der Waals surface area contributed by atoms with Crippen LogP contribution < -0.4 is 5.32 Å². The molecule has 0 spiro atoms. The van der Waals surface area contributed by atoms with Crippen LogP contribution in [0, 0.1) is 0 Å². The first-order valence-electron chi connectivity index (χ1n) is 4.61. The smallest absolute Gasteiger partial charge is 0.183 e. The highest BCUT2D eigenvalue weighted by molar-refractivity contribution is 7.13. The van der Waals surface area contributed by atoms with Crippen molar-refractivity contribution in [1.82, 2.24) is 4.98 Å². The normalized spacial score (nSPS) is 18.6. The summed E-state index contributed by atoms with van der Waals surface area (Å²) < 4.78 is 0. The Hall–Kier alpha value is -0.610. The van der Waals surface area contributed by atoms with Gasteiger partial charge >= 0.3 is 0 Å². The number of aliphatic hydroxyl groups is 1. The molecule has 1 saturated carbocycles. The van der Waals surface area contributed by atoms with Crippen molar-refractivity contribution in [2.45, 2.75) is 31.7 Å². The average Bonchev–Trinajstić information content (AvgIpc) is 2.77. The molecule has 3 nitrogen and oxygen atoms in total. The molecule has 1 aliphatic carbocycles. The van der Waals surface area contributed by atoms with E-state index in [-0.39, 0.29) is 12.1 Å². The average molecular weight is 198 g/mol. The van der Waals surface area contributed by atoms with Gasteiger partial charge < -0.3 is 10.4 Å². The van der Waals surface area contributed by atoms with Crippen LogP contribution in [0.3, 0.4) is 0 Å². The van der Waals surface area contributed by atoms with Crippen molar-refractivity contribution in [2.24, 2.45) is 0 Å². The van der Waals surface area contributed by atoms with Crippen molar-refractivity contribution in [1.29, 1.82) is 0 Å². The van der Waals surface area contributed by atoms with Gasteiger partial charge in [-0.3, -0.25) is 0 Å². The molecule has 0 radical (unpaired) electrons. The Kier molecular flexibility index (Phi) is 2.26. The predicted octanol–water partition coefficient (Wildman–Crippen LogP) is 1.64. The lowest BCUT2D eigenvalue weighted by Gasteiger charge is -2.12. The minimum Gasteiger partial charge on any atom is -0.394 e. The van der Waals surface area contributed by atoms with Crippen molar-refractivity contribution >= 4 is 16.5 Å². The van der Waals surface area contributed by atoms with Crippen LogP contribution in [0.4, 0.5) is 5.13 Å². The number of aromatic nitrogens is 1. The fourth-order valence-electron chi connectivity index (χ4n) is 1.23. The molecule has 1 aliphatic rings. The molecular weight excluding hydrogens is 184 g/mol. The Morgan fingerprint density at radius 1 is 1.69 bits per heavy atom. The van der Waals surface area contributed by atoms with Crippen LogP contribution in [0.5, 0.6) is 0 Å². The lowest BCUT2D eigenvalue weighted by Crippen LogP contribution is -2.25. The maximum Gasteiger partial charge on any atom is 0.183 e. The predicted molar refractivity (Wildman–Crippen MR) is 54.2 cm³/mol. The number of nitrogens with zero attached hydrogens (tertiary/aromatic N) is 1. The molecule has 0 amide bonds. The monoisotopic (exact) mass is 198 g/mol. The highest BCUT2D eigenvalue weighted by Gasteiger charge is 2.42. The van der Waals surface area contributed by atoms with Crippen LogP contribution in [0.1, 0.15) is 25.5 Å². The van der Waals surface area contributed by atoms with Crippen molar-refractivity contribution in [2.75, 3.05) is 11.9 Å². The largest absolute Gasteiger partial charge is 0.394 e. The van der Waals surface area contributed by atoms with E-state index in [9.17, 15) is 0 Å². The fraction of sp³-hybridized carbons (Fsp3) is 0.667. The van der Waals surface area contributed by atoms with E-state index < -0.39 is 0 Å². The molecule has 0 unspecified atom stereocenters. The van der Waals surface area contributed by atoms with Gasteiger partial charge in [-0.15, -0.1) is 11.3 Å². The number of hydrogen-bond donors (Lipinski definition) is 2. The molecule has 2 N–H and O–H groups in total. The number of thiazole rings is 1. The summed E-state index contributed by atoms with van der Waals surface area (Å²) in [7, 11) is 0. The zero-order valence-electron chi connectivity index (χ0n) is 7.71. The number of nitrogens with one attached hydrogen (secondary N) is 1. The third-order valence-electron chi connectivity index (χ3n) is 2.44. The van der Waals surface area contributed by atoms with E-state index >= 15 is 0 Å². The molecule has 0 aliphatic heterocycles. The Bertz CT molecular complexity index is 294. The third-order valence-corrected chi connectivity index (χ3v) is 3.25. The van der Waals surface area contributed by atoms with Gasteiger partial charge in [0, 0.05) is 5.38 Å².